The van der Waals surface area contributed by atoms with Crippen LogP contribution < -0.4 is 5.32 Å². The smallest absolute Gasteiger partial charge is 0.321 e. The summed E-state index contributed by atoms with van der Waals surface area (Å²) in [5, 5.41) is 2.85. The van der Waals surface area contributed by atoms with Gasteiger partial charge in [-0.15, -0.1) is 0 Å². The van der Waals surface area contributed by atoms with Gasteiger partial charge in [0.05, 0.1) is 0 Å². The Bertz CT molecular complexity index is 979. The molecule has 0 saturated carbocycles. The van der Waals surface area contributed by atoms with Crippen molar-refractivity contribution in [3.05, 3.63) is 65.7 Å². The van der Waals surface area contributed by atoms with Crippen LogP contribution in [0.5, 0.6) is 0 Å². The second kappa shape index (κ2) is 7.75. The first-order valence-corrected chi connectivity index (χ1v) is 11.4. The molecule has 1 fully saturated rings. The van der Waals surface area contributed by atoms with Crippen LogP contribution in [0.4, 0.5) is 10.5 Å². The Kier molecular flexibility index (Phi) is 5.56. The van der Waals surface area contributed by atoms with Crippen LogP contribution >= 0.6 is 0 Å². The van der Waals surface area contributed by atoms with Crippen LogP contribution in [0, 0.1) is 5.41 Å². The highest BCUT2D eigenvalue weighted by atomic mass is 32.2. The molecule has 0 radical (unpaired) electrons. The summed E-state index contributed by atoms with van der Waals surface area (Å²) in [6.07, 6.45) is 3.77. The number of likely N-dealkylation sites (tertiary alicyclic amines) is 1. The highest BCUT2D eigenvalue weighted by molar-refractivity contribution is 7.92. The monoisotopic (exact) mass is 399 g/mol. The van der Waals surface area contributed by atoms with Crippen LogP contribution in [0.25, 0.3) is 0 Å². The summed E-state index contributed by atoms with van der Waals surface area (Å²) in [6.45, 7) is 3.59. The SMILES string of the molecule is CC1(Cc2ccccc2)CN(C(=O)Nc2ccc(C(=O)N=S(C)(C)=O)cc2)C1. The van der Waals surface area contributed by atoms with Crippen molar-refractivity contribution in [2.24, 2.45) is 9.78 Å². The molecular weight excluding hydrogens is 374 g/mol. The molecule has 2 aromatic carbocycles. The average molecular weight is 400 g/mol. The zero-order valence-corrected chi connectivity index (χ0v) is 17.2. The third-order valence-corrected chi connectivity index (χ3v) is 5.20. The number of urea groups is 1. The summed E-state index contributed by atoms with van der Waals surface area (Å²) in [6, 6.07) is 16.6. The predicted octanol–water partition coefficient (Wildman–Crippen LogP) is 3.65. The van der Waals surface area contributed by atoms with Gasteiger partial charge in [0.15, 0.2) is 0 Å². The van der Waals surface area contributed by atoms with Crippen LogP contribution in [0.3, 0.4) is 0 Å². The Morgan fingerprint density at radius 3 is 2.25 bits per heavy atom. The second-order valence-electron chi connectivity index (χ2n) is 7.91. The van der Waals surface area contributed by atoms with E-state index in [0.29, 0.717) is 24.3 Å². The molecule has 0 bridgehead atoms. The van der Waals surface area contributed by atoms with E-state index in [0.717, 1.165) is 6.42 Å². The van der Waals surface area contributed by atoms with E-state index in [2.05, 4.69) is 28.7 Å². The molecule has 7 heteroatoms. The fraction of sp³-hybridized carbons (Fsp3) is 0.333. The van der Waals surface area contributed by atoms with Gasteiger partial charge in [0.2, 0.25) is 0 Å². The Hall–Kier alpha value is -2.67. The van der Waals surface area contributed by atoms with Crippen LogP contribution in [0.1, 0.15) is 22.8 Å². The first-order valence-electron chi connectivity index (χ1n) is 9.05. The number of benzene rings is 2. The molecule has 2 aromatic rings. The van der Waals surface area contributed by atoms with Crippen molar-refractivity contribution in [1.29, 1.82) is 0 Å². The molecule has 0 spiro atoms. The van der Waals surface area contributed by atoms with Gasteiger partial charge in [-0.3, -0.25) is 4.79 Å². The van der Waals surface area contributed by atoms with Gasteiger partial charge in [0.25, 0.3) is 5.91 Å². The maximum Gasteiger partial charge on any atom is 0.321 e. The number of carbonyl (C=O) groups excluding carboxylic acids is 2. The zero-order valence-electron chi connectivity index (χ0n) is 16.3. The fourth-order valence-electron chi connectivity index (χ4n) is 3.37. The number of carbonyl (C=O) groups is 2. The lowest BCUT2D eigenvalue weighted by Gasteiger charge is -2.48. The van der Waals surface area contributed by atoms with E-state index in [4.69, 9.17) is 0 Å². The van der Waals surface area contributed by atoms with Gasteiger partial charge in [-0.2, -0.15) is 4.36 Å². The molecule has 1 aliphatic heterocycles. The van der Waals surface area contributed by atoms with Gasteiger partial charge in [-0.1, -0.05) is 37.3 Å². The lowest BCUT2D eigenvalue weighted by Crippen LogP contribution is -2.59. The van der Waals surface area contributed by atoms with E-state index < -0.39 is 15.6 Å². The molecule has 0 aliphatic carbocycles. The topological polar surface area (TPSA) is 78.8 Å². The van der Waals surface area contributed by atoms with Gasteiger partial charge < -0.3 is 10.2 Å². The Labute approximate surface area is 166 Å². The van der Waals surface area contributed by atoms with Gasteiger partial charge >= 0.3 is 6.03 Å². The van der Waals surface area contributed by atoms with E-state index in [9.17, 15) is 13.8 Å². The molecule has 0 atom stereocenters. The lowest BCUT2D eigenvalue weighted by atomic mass is 9.77. The molecule has 1 saturated heterocycles. The zero-order chi connectivity index (χ0) is 20.4. The molecule has 0 aromatic heterocycles. The highest BCUT2D eigenvalue weighted by Gasteiger charge is 2.41. The first-order chi connectivity index (χ1) is 13.1. The summed E-state index contributed by atoms with van der Waals surface area (Å²) in [7, 11) is -2.49. The van der Waals surface area contributed by atoms with Crippen molar-refractivity contribution < 1.29 is 13.8 Å². The minimum atomic E-state index is -2.49. The number of anilines is 1. The van der Waals surface area contributed by atoms with Crippen LogP contribution in [0.15, 0.2) is 59.0 Å². The van der Waals surface area contributed by atoms with E-state index in [1.54, 1.807) is 29.2 Å². The van der Waals surface area contributed by atoms with E-state index in [-0.39, 0.29) is 11.4 Å². The number of nitrogens with one attached hydrogen (secondary N) is 1. The third kappa shape index (κ3) is 5.19. The molecule has 6 nitrogen and oxygen atoms in total. The number of amides is 3. The molecule has 28 heavy (non-hydrogen) atoms. The largest absolute Gasteiger partial charge is 0.323 e. The number of hydrogen-bond acceptors (Lipinski definition) is 3. The number of hydrogen-bond donors (Lipinski definition) is 1. The number of nitrogens with zero attached hydrogens (tertiary/aromatic N) is 2. The minimum Gasteiger partial charge on any atom is -0.323 e. The summed E-state index contributed by atoms with van der Waals surface area (Å²) in [4.78, 5) is 26.1. The first kappa shape index (κ1) is 20.1. The van der Waals surface area contributed by atoms with E-state index in [1.165, 1.54) is 18.1 Å². The van der Waals surface area contributed by atoms with Gasteiger partial charge in [0.1, 0.15) is 0 Å². The Morgan fingerprint density at radius 2 is 1.68 bits per heavy atom. The molecule has 3 rings (SSSR count). The molecule has 1 N–H and O–H groups in total. The molecule has 148 valence electrons. The normalized spacial score (nSPS) is 15.5. The summed E-state index contributed by atoms with van der Waals surface area (Å²) >= 11 is 0. The highest BCUT2D eigenvalue weighted by Crippen LogP contribution is 2.34. The second-order valence-corrected chi connectivity index (χ2v) is 10.5. The maximum atomic E-state index is 12.4. The standard InChI is InChI=1S/C21H25N3O3S/c1-21(13-16-7-5-4-6-8-16)14-24(15-21)20(26)22-18-11-9-17(10-12-18)19(25)23-28(2,3)27/h4-12H,13-15H2,1-3H3,(H,22,26). The van der Waals surface area contributed by atoms with Crippen molar-refractivity contribution in [3.63, 3.8) is 0 Å². The summed E-state index contributed by atoms with van der Waals surface area (Å²) in [5.74, 6) is -0.521. The van der Waals surface area contributed by atoms with Crippen molar-refractivity contribution in [1.82, 2.24) is 4.90 Å². The van der Waals surface area contributed by atoms with Crippen molar-refractivity contribution in [3.8, 4) is 0 Å². The van der Waals surface area contributed by atoms with Crippen LogP contribution in [-0.4, -0.2) is 46.6 Å². The van der Waals surface area contributed by atoms with E-state index >= 15 is 0 Å². The molecule has 1 heterocycles. The van der Waals surface area contributed by atoms with Crippen molar-refractivity contribution in [2.75, 3.05) is 30.9 Å². The molecule has 0 unspecified atom stereocenters. The quantitative estimate of drug-likeness (QED) is 0.852. The lowest BCUT2D eigenvalue weighted by molar-refractivity contribution is 0.0532. The van der Waals surface area contributed by atoms with E-state index in [1.807, 2.05) is 18.2 Å². The average Bonchev–Trinajstić information content (AvgIpc) is 2.59. The molecule has 3 amide bonds. The Morgan fingerprint density at radius 1 is 1.07 bits per heavy atom. The summed E-state index contributed by atoms with van der Waals surface area (Å²) in [5.41, 5.74) is 2.31. The number of rotatable bonds is 4. The van der Waals surface area contributed by atoms with Gasteiger partial charge in [-0.05, 0) is 36.2 Å². The minimum absolute atomic E-state index is 0.0872. The summed E-state index contributed by atoms with van der Waals surface area (Å²) < 4.78 is 15.3. The van der Waals surface area contributed by atoms with Crippen molar-refractivity contribution in [2.45, 2.75) is 13.3 Å². The van der Waals surface area contributed by atoms with Gasteiger partial charge in [0, 0.05) is 52.0 Å². The van der Waals surface area contributed by atoms with Crippen molar-refractivity contribution >= 4 is 27.4 Å². The van der Waals surface area contributed by atoms with Crippen LogP contribution in [-0.2, 0) is 16.1 Å². The van der Waals surface area contributed by atoms with Gasteiger partial charge in [-0.25, -0.2) is 9.00 Å². The predicted molar refractivity (Wildman–Crippen MR) is 112 cm³/mol. The fourth-order valence-corrected chi connectivity index (χ4v) is 3.88. The maximum absolute atomic E-state index is 12.4. The third-order valence-electron chi connectivity index (χ3n) is 4.59. The Balaban J connectivity index is 1.55. The molecular formula is C21H25N3O3S. The van der Waals surface area contributed by atoms with Crippen LogP contribution in [0.2, 0.25) is 0 Å². The molecule has 1 aliphatic rings.